The fourth-order valence-corrected chi connectivity index (χ4v) is 2.33. The zero-order valence-corrected chi connectivity index (χ0v) is 9.13. The SMILES string of the molecule is C[C@@H]1CC(=NNC(N)=O)CC(C)(C)C1. The number of amides is 2. The summed E-state index contributed by atoms with van der Waals surface area (Å²) in [5.41, 5.74) is 8.59. The number of hydrogen-bond donors (Lipinski definition) is 2. The Kier molecular flexibility index (Phi) is 3.13. The average Bonchev–Trinajstić information content (AvgIpc) is 1.96. The summed E-state index contributed by atoms with van der Waals surface area (Å²) >= 11 is 0. The molecule has 0 bridgehead atoms. The van der Waals surface area contributed by atoms with Gasteiger partial charge in [0.05, 0.1) is 0 Å². The Morgan fingerprint density at radius 1 is 1.64 bits per heavy atom. The lowest BCUT2D eigenvalue weighted by Gasteiger charge is -2.34. The predicted octanol–water partition coefficient (Wildman–Crippen LogP) is 1.86. The van der Waals surface area contributed by atoms with E-state index in [1.807, 2.05) is 0 Å². The predicted molar refractivity (Wildman–Crippen MR) is 57.0 cm³/mol. The average molecular weight is 197 g/mol. The molecule has 1 rings (SSSR count). The lowest BCUT2D eigenvalue weighted by atomic mass is 9.72. The van der Waals surface area contributed by atoms with E-state index in [4.69, 9.17) is 5.73 Å². The molecule has 4 heteroatoms. The van der Waals surface area contributed by atoms with Crippen molar-refractivity contribution >= 4 is 11.7 Å². The number of urea groups is 1. The summed E-state index contributed by atoms with van der Waals surface area (Å²) in [4.78, 5) is 10.5. The molecule has 1 aliphatic rings. The third-order valence-corrected chi connectivity index (χ3v) is 2.49. The molecule has 1 fully saturated rings. The minimum absolute atomic E-state index is 0.288. The molecule has 0 heterocycles. The van der Waals surface area contributed by atoms with Crippen LogP contribution < -0.4 is 11.2 Å². The van der Waals surface area contributed by atoms with E-state index < -0.39 is 6.03 Å². The summed E-state index contributed by atoms with van der Waals surface area (Å²) in [6.45, 7) is 6.66. The summed E-state index contributed by atoms with van der Waals surface area (Å²) in [5.74, 6) is 0.632. The van der Waals surface area contributed by atoms with E-state index in [9.17, 15) is 4.79 Å². The standard InChI is InChI=1S/C10H19N3O/c1-7-4-8(12-13-9(11)14)6-10(2,3)5-7/h7H,4-6H2,1-3H3,(H3,11,13,14)/t7-/m1/s1. The maximum atomic E-state index is 10.5. The first-order valence-corrected chi connectivity index (χ1v) is 5.00. The zero-order chi connectivity index (χ0) is 10.8. The smallest absolute Gasteiger partial charge is 0.332 e. The van der Waals surface area contributed by atoms with Crippen LogP contribution in [-0.4, -0.2) is 11.7 Å². The van der Waals surface area contributed by atoms with E-state index in [-0.39, 0.29) is 5.41 Å². The van der Waals surface area contributed by atoms with Gasteiger partial charge < -0.3 is 5.73 Å². The second-order valence-electron chi connectivity index (χ2n) is 5.01. The van der Waals surface area contributed by atoms with E-state index in [2.05, 4.69) is 31.3 Å². The van der Waals surface area contributed by atoms with Crippen molar-refractivity contribution < 1.29 is 4.79 Å². The summed E-state index contributed by atoms with van der Waals surface area (Å²) in [7, 11) is 0. The lowest BCUT2D eigenvalue weighted by molar-refractivity contribution is 0.247. The first kappa shape index (κ1) is 11.0. The van der Waals surface area contributed by atoms with Crippen molar-refractivity contribution in [3.63, 3.8) is 0 Å². The quantitative estimate of drug-likeness (QED) is 0.619. The highest BCUT2D eigenvalue weighted by Gasteiger charge is 2.29. The topological polar surface area (TPSA) is 67.5 Å². The number of hydrogen-bond acceptors (Lipinski definition) is 2. The van der Waals surface area contributed by atoms with Crippen LogP contribution in [0.1, 0.15) is 40.0 Å². The summed E-state index contributed by atoms with van der Waals surface area (Å²) in [6.07, 6.45) is 3.12. The van der Waals surface area contributed by atoms with Crippen LogP contribution in [0.5, 0.6) is 0 Å². The van der Waals surface area contributed by atoms with Gasteiger partial charge in [-0.25, -0.2) is 10.2 Å². The molecule has 80 valence electrons. The van der Waals surface area contributed by atoms with E-state index in [0.29, 0.717) is 5.92 Å². The normalized spacial score (nSPS) is 28.8. The van der Waals surface area contributed by atoms with Gasteiger partial charge in [0.15, 0.2) is 0 Å². The minimum Gasteiger partial charge on any atom is -0.350 e. The van der Waals surface area contributed by atoms with Crippen molar-refractivity contribution in [2.75, 3.05) is 0 Å². The van der Waals surface area contributed by atoms with E-state index >= 15 is 0 Å². The molecule has 0 radical (unpaired) electrons. The van der Waals surface area contributed by atoms with Gasteiger partial charge in [-0.3, -0.25) is 0 Å². The Labute approximate surface area is 84.9 Å². The van der Waals surface area contributed by atoms with Gasteiger partial charge >= 0.3 is 6.03 Å². The van der Waals surface area contributed by atoms with Crippen molar-refractivity contribution in [3.8, 4) is 0 Å². The third kappa shape index (κ3) is 3.36. The first-order valence-electron chi connectivity index (χ1n) is 5.00. The van der Waals surface area contributed by atoms with Crippen LogP contribution in [0.15, 0.2) is 5.10 Å². The number of nitrogens with one attached hydrogen (secondary N) is 1. The van der Waals surface area contributed by atoms with Gasteiger partial charge in [0.1, 0.15) is 0 Å². The minimum atomic E-state index is -0.589. The van der Waals surface area contributed by atoms with E-state index in [0.717, 1.165) is 18.6 Å². The van der Waals surface area contributed by atoms with Crippen LogP contribution in [0.25, 0.3) is 0 Å². The van der Waals surface area contributed by atoms with Crippen molar-refractivity contribution in [1.29, 1.82) is 0 Å². The zero-order valence-electron chi connectivity index (χ0n) is 9.13. The van der Waals surface area contributed by atoms with Gasteiger partial charge in [-0.05, 0) is 30.6 Å². The van der Waals surface area contributed by atoms with Crippen LogP contribution in [0.4, 0.5) is 4.79 Å². The largest absolute Gasteiger partial charge is 0.350 e. The summed E-state index contributed by atoms with van der Waals surface area (Å²) in [6, 6.07) is -0.589. The molecule has 0 aromatic heterocycles. The molecule has 3 N–H and O–H groups in total. The van der Waals surface area contributed by atoms with Gasteiger partial charge in [-0.15, -0.1) is 0 Å². The maximum Gasteiger partial charge on any atom is 0.332 e. The van der Waals surface area contributed by atoms with E-state index in [1.54, 1.807) is 0 Å². The van der Waals surface area contributed by atoms with Crippen molar-refractivity contribution in [2.45, 2.75) is 40.0 Å². The van der Waals surface area contributed by atoms with Crippen LogP contribution in [0.3, 0.4) is 0 Å². The number of nitrogens with two attached hydrogens (primary N) is 1. The first-order chi connectivity index (χ1) is 6.39. The molecule has 1 aliphatic carbocycles. The Morgan fingerprint density at radius 3 is 2.79 bits per heavy atom. The molecule has 0 saturated heterocycles. The van der Waals surface area contributed by atoms with Crippen LogP contribution in [0.2, 0.25) is 0 Å². The number of primary amides is 1. The van der Waals surface area contributed by atoms with Gasteiger partial charge in [-0.2, -0.15) is 5.10 Å². The van der Waals surface area contributed by atoms with Crippen LogP contribution in [-0.2, 0) is 0 Å². The number of carbonyl (C=O) groups excluding carboxylic acids is 1. The maximum absolute atomic E-state index is 10.5. The lowest BCUT2D eigenvalue weighted by Crippen LogP contribution is -2.31. The number of carbonyl (C=O) groups is 1. The number of hydrazone groups is 1. The monoisotopic (exact) mass is 197 g/mol. The van der Waals surface area contributed by atoms with Crippen molar-refractivity contribution in [3.05, 3.63) is 0 Å². The Balaban J connectivity index is 2.62. The molecule has 0 aromatic rings. The molecule has 0 aromatic carbocycles. The fourth-order valence-electron chi connectivity index (χ4n) is 2.33. The molecular formula is C10H19N3O. The van der Waals surface area contributed by atoms with E-state index in [1.165, 1.54) is 6.42 Å². The highest BCUT2D eigenvalue weighted by atomic mass is 16.2. The molecule has 14 heavy (non-hydrogen) atoms. The molecule has 0 unspecified atom stereocenters. The highest BCUT2D eigenvalue weighted by molar-refractivity contribution is 5.87. The Hall–Kier alpha value is -1.06. The summed E-state index contributed by atoms with van der Waals surface area (Å²) < 4.78 is 0. The van der Waals surface area contributed by atoms with Crippen molar-refractivity contribution in [1.82, 2.24) is 5.43 Å². The van der Waals surface area contributed by atoms with Gasteiger partial charge in [-0.1, -0.05) is 20.8 Å². The second-order valence-corrected chi connectivity index (χ2v) is 5.01. The van der Waals surface area contributed by atoms with Crippen LogP contribution >= 0.6 is 0 Å². The number of nitrogens with zero attached hydrogens (tertiary/aromatic N) is 1. The third-order valence-electron chi connectivity index (χ3n) is 2.49. The fraction of sp³-hybridized carbons (Fsp3) is 0.800. The van der Waals surface area contributed by atoms with Gasteiger partial charge in [0.2, 0.25) is 0 Å². The Morgan fingerprint density at radius 2 is 2.29 bits per heavy atom. The molecule has 4 nitrogen and oxygen atoms in total. The molecule has 2 amide bonds. The molecular weight excluding hydrogens is 178 g/mol. The molecule has 0 aliphatic heterocycles. The molecule has 1 atom stereocenters. The molecule has 1 saturated carbocycles. The molecule has 0 spiro atoms. The summed E-state index contributed by atoms with van der Waals surface area (Å²) in [5, 5.41) is 4.02. The van der Waals surface area contributed by atoms with Crippen molar-refractivity contribution in [2.24, 2.45) is 22.2 Å². The number of rotatable bonds is 1. The van der Waals surface area contributed by atoms with Gasteiger partial charge in [0, 0.05) is 5.71 Å². The Bertz CT molecular complexity index is 258. The second kappa shape index (κ2) is 3.98. The van der Waals surface area contributed by atoms with Gasteiger partial charge in [0.25, 0.3) is 0 Å². The highest BCUT2D eigenvalue weighted by Crippen LogP contribution is 2.36. The van der Waals surface area contributed by atoms with Crippen LogP contribution in [0, 0.1) is 11.3 Å².